The average Bonchev–Trinajstić information content (AvgIpc) is 2.63. The Morgan fingerprint density at radius 3 is 2.04 bits per heavy atom. The SMILES string of the molecule is CCOC(=O)CC(C(=O)OCC)=C1C2CC3C4CC5CC3C1C(C5)C4C2. The molecule has 4 nitrogen and oxygen atoms in total. The van der Waals surface area contributed by atoms with Gasteiger partial charge in [0.15, 0.2) is 0 Å². The number of hydrogen-bond acceptors (Lipinski definition) is 4. The van der Waals surface area contributed by atoms with Gasteiger partial charge in [-0.2, -0.15) is 0 Å². The van der Waals surface area contributed by atoms with Crippen LogP contribution in [-0.4, -0.2) is 25.2 Å². The molecule has 0 amide bonds. The summed E-state index contributed by atoms with van der Waals surface area (Å²) in [5.74, 6) is 5.64. The van der Waals surface area contributed by atoms with Gasteiger partial charge in [-0.25, -0.2) is 4.79 Å². The summed E-state index contributed by atoms with van der Waals surface area (Å²) in [5, 5.41) is 0. The van der Waals surface area contributed by atoms with E-state index in [-0.39, 0.29) is 18.4 Å². The Bertz CT molecular complexity index is 641. The highest BCUT2D eigenvalue weighted by Gasteiger charge is 2.65. The second-order valence-corrected chi connectivity index (χ2v) is 9.22. The molecule has 26 heavy (non-hydrogen) atoms. The van der Waals surface area contributed by atoms with Crippen LogP contribution in [0.1, 0.15) is 52.4 Å². The normalized spacial score (nSPS) is 45.8. The molecule has 142 valence electrons. The fourth-order valence-electron chi connectivity index (χ4n) is 7.99. The third-order valence-electron chi connectivity index (χ3n) is 8.35. The van der Waals surface area contributed by atoms with Crippen LogP contribution in [0, 0.1) is 47.3 Å². The maximum absolute atomic E-state index is 12.8. The van der Waals surface area contributed by atoms with Crippen molar-refractivity contribution < 1.29 is 19.1 Å². The van der Waals surface area contributed by atoms with Gasteiger partial charge in [0.2, 0.25) is 0 Å². The first-order valence-corrected chi connectivity index (χ1v) is 10.7. The molecule has 0 radical (unpaired) electrons. The Kier molecular flexibility index (Phi) is 3.95. The molecule has 7 aliphatic carbocycles. The summed E-state index contributed by atoms with van der Waals surface area (Å²) in [6.07, 6.45) is 6.73. The molecule has 4 unspecified atom stereocenters. The van der Waals surface area contributed by atoms with E-state index in [2.05, 4.69) is 0 Å². The molecule has 0 N–H and O–H groups in total. The molecule has 4 atom stereocenters. The smallest absolute Gasteiger partial charge is 0.334 e. The monoisotopic (exact) mass is 358 g/mol. The Balaban J connectivity index is 1.55. The number of rotatable bonds is 5. The van der Waals surface area contributed by atoms with E-state index < -0.39 is 0 Å². The van der Waals surface area contributed by atoms with Crippen molar-refractivity contribution in [2.45, 2.75) is 52.4 Å². The molecule has 4 heteroatoms. The van der Waals surface area contributed by atoms with E-state index in [9.17, 15) is 9.59 Å². The van der Waals surface area contributed by atoms with E-state index >= 15 is 0 Å². The van der Waals surface area contributed by atoms with Gasteiger partial charge >= 0.3 is 11.9 Å². The molecular formula is C22H30O4. The fourth-order valence-corrected chi connectivity index (χ4v) is 7.99. The standard InChI is InChI=1S/C22H30O4/c1-3-25-19(23)10-18(22(24)26-4-2)20-12-8-14-13-5-11-6-16(14)21(20)17(7-11)15(13)9-12/h11-17,21H,3-10H2,1-2H3. The summed E-state index contributed by atoms with van der Waals surface area (Å²) < 4.78 is 10.6. The largest absolute Gasteiger partial charge is 0.466 e. The second-order valence-electron chi connectivity index (χ2n) is 9.22. The van der Waals surface area contributed by atoms with Crippen LogP contribution in [0.15, 0.2) is 11.1 Å². The van der Waals surface area contributed by atoms with Gasteiger partial charge < -0.3 is 9.47 Å². The maximum atomic E-state index is 12.8. The molecule has 0 aromatic carbocycles. The summed E-state index contributed by atoms with van der Waals surface area (Å²) >= 11 is 0. The second kappa shape index (κ2) is 6.10. The third-order valence-corrected chi connectivity index (χ3v) is 8.35. The zero-order valence-electron chi connectivity index (χ0n) is 15.9. The van der Waals surface area contributed by atoms with Crippen molar-refractivity contribution in [3.63, 3.8) is 0 Å². The fraction of sp³-hybridized carbons (Fsp3) is 0.818. The predicted octanol–water partition coefficient (Wildman–Crippen LogP) is 3.75. The molecule has 0 aromatic rings. The number of carbonyl (C=O) groups is 2. The van der Waals surface area contributed by atoms with Crippen LogP contribution in [-0.2, 0) is 19.1 Å². The highest BCUT2D eigenvalue weighted by Crippen LogP contribution is 2.72. The van der Waals surface area contributed by atoms with Gasteiger partial charge in [0.1, 0.15) is 0 Å². The molecule has 7 aliphatic rings. The first kappa shape index (κ1) is 16.8. The van der Waals surface area contributed by atoms with Crippen molar-refractivity contribution >= 4 is 11.9 Å². The van der Waals surface area contributed by atoms with Gasteiger partial charge in [0.05, 0.1) is 19.6 Å². The van der Waals surface area contributed by atoms with Gasteiger partial charge in [0.25, 0.3) is 0 Å². The van der Waals surface area contributed by atoms with E-state index in [0.717, 1.165) is 35.5 Å². The summed E-state index contributed by atoms with van der Waals surface area (Å²) in [6.45, 7) is 4.37. The lowest BCUT2D eigenvalue weighted by molar-refractivity contribution is -0.178. The molecule has 0 heterocycles. The van der Waals surface area contributed by atoms with E-state index in [1.165, 1.54) is 37.7 Å². The van der Waals surface area contributed by atoms with E-state index in [4.69, 9.17) is 9.47 Å². The molecule has 0 aliphatic heterocycles. The predicted molar refractivity (Wildman–Crippen MR) is 95.9 cm³/mol. The molecule has 7 saturated carbocycles. The van der Waals surface area contributed by atoms with Crippen molar-refractivity contribution in [1.82, 2.24) is 0 Å². The van der Waals surface area contributed by atoms with E-state index in [1.54, 1.807) is 0 Å². The van der Waals surface area contributed by atoms with Crippen molar-refractivity contribution in [1.29, 1.82) is 0 Å². The summed E-state index contributed by atoms with van der Waals surface area (Å²) in [5.41, 5.74) is 1.97. The molecule has 0 aromatic heterocycles. The zero-order chi connectivity index (χ0) is 18.0. The summed E-state index contributed by atoms with van der Waals surface area (Å²) in [7, 11) is 0. The minimum atomic E-state index is -0.287. The first-order chi connectivity index (χ1) is 12.6. The van der Waals surface area contributed by atoms with Gasteiger partial charge in [-0.1, -0.05) is 5.57 Å². The minimum absolute atomic E-state index is 0.0939. The van der Waals surface area contributed by atoms with Crippen LogP contribution in [0.4, 0.5) is 0 Å². The molecule has 7 fully saturated rings. The van der Waals surface area contributed by atoms with Crippen LogP contribution in [0.5, 0.6) is 0 Å². The third kappa shape index (κ3) is 2.26. The van der Waals surface area contributed by atoms with E-state index in [0.29, 0.717) is 30.6 Å². The Morgan fingerprint density at radius 1 is 0.846 bits per heavy atom. The van der Waals surface area contributed by atoms with Crippen LogP contribution >= 0.6 is 0 Å². The first-order valence-electron chi connectivity index (χ1n) is 10.7. The van der Waals surface area contributed by atoms with E-state index in [1.807, 2.05) is 13.8 Å². The lowest BCUT2D eigenvalue weighted by atomic mass is 9.34. The summed E-state index contributed by atoms with van der Waals surface area (Å²) in [4.78, 5) is 25.1. The van der Waals surface area contributed by atoms with Crippen LogP contribution in [0.3, 0.4) is 0 Å². The van der Waals surface area contributed by atoms with Gasteiger partial charge in [-0.15, -0.1) is 0 Å². The lowest BCUT2D eigenvalue weighted by Crippen LogP contribution is -2.63. The van der Waals surface area contributed by atoms with Crippen molar-refractivity contribution in [2.24, 2.45) is 47.3 Å². The number of esters is 2. The maximum Gasteiger partial charge on any atom is 0.334 e. The van der Waals surface area contributed by atoms with Crippen molar-refractivity contribution in [3.8, 4) is 0 Å². The number of carbonyl (C=O) groups excluding carboxylic acids is 2. The zero-order valence-corrected chi connectivity index (χ0v) is 15.9. The van der Waals surface area contributed by atoms with Crippen LogP contribution in [0.25, 0.3) is 0 Å². The highest BCUT2D eigenvalue weighted by atomic mass is 16.5. The van der Waals surface area contributed by atoms with Crippen LogP contribution < -0.4 is 0 Å². The molecule has 0 saturated heterocycles. The van der Waals surface area contributed by atoms with Crippen LogP contribution in [0.2, 0.25) is 0 Å². The average molecular weight is 358 g/mol. The molecule has 7 rings (SSSR count). The van der Waals surface area contributed by atoms with Crippen molar-refractivity contribution in [3.05, 3.63) is 11.1 Å². The van der Waals surface area contributed by atoms with Gasteiger partial charge in [0, 0.05) is 5.57 Å². The minimum Gasteiger partial charge on any atom is -0.466 e. The molecule has 8 bridgehead atoms. The quantitative estimate of drug-likeness (QED) is 0.555. The molecule has 0 spiro atoms. The van der Waals surface area contributed by atoms with Crippen molar-refractivity contribution in [2.75, 3.05) is 13.2 Å². The Hall–Kier alpha value is -1.32. The summed E-state index contributed by atoms with van der Waals surface area (Å²) in [6, 6.07) is 0. The Labute approximate surface area is 155 Å². The van der Waals surface area contributed by atoms with Gasteiger partial charge in [-0.3, -0.25) is 4.79 Å². The highest BCUT2D eigenvalue weighted by molar-refractivity contribution is 5.95. The Morgan fingerprint density at radius 2 is 1.42 bits per heavy atom. The topological polar surface area (TPSA) is 52.6 Å². The number of ether oxygens (including phenoxy) is 2. The number of allylic oxidation sites excluding steroid dienone is 1. The number of hydrogen-bond donors (Lipinski definition) is 0. The molecular weight excluding hydrogens is 328 g/mol. The van der Waals surface area contributed by atoms with Gasteiger partial charge in [-0.05, 0) is 93.3 Å². The lowest BCUT2D eigenvalue weighted by Gasteiger charge is -2.70.